The lowest BCUT2D eigenvalue weighted by Gasteiger charge is -2.05. The van der Waals surface area contributed by atoms with E-state index in [1.165, 1.54) is 18.2 Å². The smallest absolute Gasteiger partial charge is 0.273 e. The highest BCUT2D eigenvalue weighted by Gasteiger charge is 2.13. The molecular formula is C9H9ClF2N2O2. The van der Waals surface area contributed by atoms with Crippen molar-refractivity contribution in [3.8, 4) is 0 Å². The van der Waals surface area contributed by atoms with Crippen LogP contribution in [-0.2, 0) is 6.54 Å². The predicted molar refractivity (Wildman–Crippen MR) is 55.8 cm³/mol. The summed E-state index contributed by atoms with van der Waals surface area (Å²) in [5, 5.41) is 13.4. The summed E-state index contributed by atoms with van der Waals surface area (Å²) in [5.74, 6) is 0. The van der Waals surface area contributed by atoms with Crippen LogP contribution in [0.1, 0.15) is 5.56 Å². The molecule has 0 saturated heterocycles. The van der Waals surface area contributed by atoms with Crippen LogP contribution in [0.2, 0.25) is 5.02 Å². The van der Waals surface area contributed by atoms with Crippen molar-refractivity contribution in [1.82, 2.24) is 5.32 Å². The zero-order valence-corrected chi connectivity index (χ0v) is 8.88. The summed E-state index contributed by atoms with van der Waals surface area (Å²) in [6.07, 6.45) is -2.49. The molecule has 0 atom stereocenters. The van der Waals surface area contributed by atoms with Crippen LogP contribution in [0.15, 0.2) is 18.2 Å². The second kappa shape index (κ2) is 5.72. The Bertz CT molecular complexity index is 388. The zero-order chi connectivity index (χ0) is 12.1. The number of nitro benzene ring substituents is 1. The summed E-state index contributed by atoms with van der Waals surface area (Å²) in [6, 6.07) is 4.02. The molecular weight excluding hydrogens is 242 g/mol. The van der Waals surface area contributed by atoms with Gasteiger partial charge in [0.25, 0.3) is 12.1 Å². The summed E-state index contributed by atoms with van der Waals surface area (Å²) < 4.78 is 23.7. The van der Waals surface area contributed by atoms with Crippen LogP contribution in [0.25, 0.3) is 0 Å². The first-order valence-electron chi connectivity index (χ1n) is 4.42. The van der Waals surface area contributed by atoms with E-state index in [-0.39, 0.29) is 17.8 Å². The third kappa shape index (κ3) is 3.71. The van der Waals surface area contributed by atoms with Crippen molar-refractivity contribution in [1.29, 1.82) is 0 Å². The average molecular weight is 251 g/mol. The quantitative estimate of drug-likeness (QED) is 0.646. The molecule has 0 aromatic heterocycles. The molecule has 0 radical (unpaired) electrons. The van der Waals surface area contributed by atoms with Crippen molar-refractivity contribution in [3.63, 3.8) is 0 Å². The van der Waals surface area contributed by atoms with Crippen molar-refractivity contribution in [2.24, 2.45) is 0 Å². The predicted octanol–water partition coefficient (Wildman–Crippen LogP) is 2.60. The minimum absolute atomic E-state index is 0.0127. The van der Waals surface area contributed by atoms with E-state index in [9.17, 15) is 18.9 Å². The Hall–Kier alpha value is -1.27. The van der Waals surface area contributed by atoms with Gasteiger partial charge in [-0.2, -0.15) is 0 Å². The monoisotopic (exact) mass is 250 g/mol. The molecule has 88 valence electrons. The Morgan fingerprint density at radius 1 is 1.50 bits per heavy atom. The highest BCUT2D eigenvalue weighted by Crippen LogP contribution is 2.22. The number of hydrogen-bond donors (Lipinski definition) is 1. The fourth-order valence-electron chi connectivity index (χ4n) is 1.19. The molecule has 1 N–H and O–H groups in total. The van der Waals surface area contributed by atoms with E-state index in [1.54, 1.807) is 0 Å². The number of benzene rings is 1. The summed E-state index contributed by atoms with van der Waals surface area (Å²) in [5.41, 5.74) is 0.157. The third-order valence-corrected chi connectivity index (χ3v) is 2.09. The van der Waals surface area contributed by atoms with E-state index in [2.05, 4.69) is 5.32 Å². The van der Waals surface area contributed by atoms with Crippen LogP contribution in [0.3, 0.4) is 0 Å². The number of nitro groups is 1. The largest absolute Gasteiger partial charge is 0.307 e. The maximum Gasteiger partial charge on any atom is 0.273 e. The number of nitrogens with zero attached hydrogens (tertiary/aromatic N) is 1. The normalized spacial score (nSPS) is 10.8. The molecule has 0 aliphatic rings. The van der Waals surface area contributed by atoms with E-state index in [1.807, 2.05) is 0 Å². The first-order valence-corrected chi connectivity index (χ1v) is 4.80. The van der Waals surface area contributed by atoms with E-state index in [0.717, 1.165) is 0 Å². The Kier molecular flexibility index (Phi) is 4.57. The van der Waals surface area contributed by atoms with Gasteiger partial charge in [0.05, 0.1) is 11.5 Å². The first kappa shape index (κ1) is 12.8. The van der Waals surface area contributed by atoms with Crippen molar-refractivity contribution >= 4 is 17.3 Å². The summed E-state index contributed by atoms with van der Waals surface area (Å²) in [7, 11) is 0. The molecule has 1 rings (SSSR count). The lowest BCUT2D eigenvalue weighted by Crippen LogP contribution is -2.21. The number of alkyl halides is 2. The molecule has 0 spiro atoms. The van der Waals surface area contributed by atoms with Crippen LogP contribution in [0, 0.1) is 10.1 Å². The van der Waals surface area contributed by atoms with E-state index >= 15 is 0 Å². The number of hydrogen-bond acceptors (Lipinski definition) is 3. The van der Waals surface area contributed by atoms with E-state index in [4.69, 9.17) is 11.6 Å². The van der Waals surface area contributed by atoms with Crippen LogP contribution < -0.4 is 5.32 Å². The van der Waals surface area contributed by atoms with Gasteiger partial charge >= 0.3 is 0 Å². The topological polar surface area (TPSA) is 55.2 Å². The molecule has 0 aliphatic heterocycles. The number of nitrogens with one attached hydrogen (secondary N) is 1. The minimum atomic E-state index is -2.49. The highest BCUT2D eigenvalue weighted by molar-refractivity contribution is 6.30. The van der Waals surface area contributed by atoms with Gasteiger partial charge in [-0.25, -0.2) is 8.78 Å². The van der Waals surface area contributed by atoms with Crippen molar-refractivity contribution in [2.75, 3.05) is 6.54 Å². The summed E-state index contributed by atoms with van der Waals surface area (Å²) in [4.78, 5) is 10.0. The standard InChI is InChI=1S/C9H9ClF2N2O2/c10-7-1-2-8(14(15)16)6(3-7)4-13-5-9(11)12/h1-3,9,13H,4-5H2. The van der Waals surface area contributed by atoms with Gasteiger partial charge in [0.1, 0.15) is 0 Å². The lowest BCUT2D eigenvalue weighted by atomic mass is 10.2. The van der Waals surface area contributed by atoms with Crippen LogP contribution in [0.5, 0.6) is 0 Å². The Balaban J connectivity index is 2.76. The second-order valence-electron chi connectivity index (χ2n) is 3.05. The average Bonchev–Trinajstić information content (AvgIpc) is 2.16. The van der Waals surface area contributed by atoms with Gasteiger partial charge < -0.3 is 5.32 Å². The second-order valence-corrected chi connectivity index (χ2v) is 3.49. The van der Waals surface area contributed by atoms with Crippen molar-refractivity contribution in [2.45, 2.75) is 13.0 Å². The SMILES string of the molecule is O=[N+]([O-])c1ccc(Cl)cc1CNCC(F)F. The van der Waals surface area contributed by atoms with E-state index in [0.29, 0.717) is 5.02 Å². The van der Waals surface area contributed by atoms with Gasteiger partial charge in [-0.3, -0.25) is 10.1 Å². The van der Waals surface area contributed by atoms with Crippen molar-refractivity contribution in [3.05, 3.63) is 38.9 Å². The maximum absolute atomic E-state index is 11.9. The van der Waals surface area contributed by atoms with Crippen LogP contribution in [-0.4, -0.2) is 17.9 Å². The molecule has 1 aromatic carbocycles. The molecule has 0 bridgehead atoms. The Morgan fingerprint density at radius 2 is 2.19 bits per heavy atom. The fourth-order valence-corrected chi connectivity index (χ4v) is 1.38. The molecule has 7 heteroatoms. The molecule has 0 unspecified atom stereocenters. The van der Waals surface area contributed by atoms with Gasteiger partial charge in [0.2, 0.25) is 0 Å². The molecule has 4 nitrogen and oxygen atoms in total. The van der Waals surface area contributed by atoms with Gasteiger partial charge in [0, 0.05) is 23.2 Å². The lowest BCUT2D eigenvalue weighted by molar-refractivity contribution is -0.385. The number of rotatable bonds is 5. The third-order valence-electron chi connectivity index (χ3n) is 1.85. The van der Waals surface area contributed by atoms with Crippen LogP contribution >= 0.6 is 11.6 Å². The molecule has 0 saturated carbocycles. The summed E-state index contributed by atoms with van der Waals surface area (Å²) >= 11 is 5.66. The van der Waals surface area contributed by atoms with Gasteiger partial charge in [-0.15, -0.1) is 0 Å². The summed E-state index contributed by atoms with van der Waals surface area (Å²) in [6.45, 7) is -0.523. The molecule has 16 heavy (non-hydrogen) atoms. The molecule has 1 aromatic rings. The van der Waals surface area contributed by atoms with Gasteiger partial charge in [-0.05, 0) is 12.1 Å². The van der Waals surface area contributed by atoms with Crippen molar-refractivity contribution < 1.29 is 13.7 Å². The van der Waals surface area contributed by atoms with Gasteiger partial charge in [0.15, 0.2) is 0 Å². The van der Waals surface area contributed by atoms with E-state index < -0.39 is 17.9 Å². The Labute approximate surface area is 95.4 Å². The maximum atomic E-state index is 11.9. The van der Waals surface area contributed by atoms with Gasteiger partial charge in [-0.1, -0.05) is 11.6 Å². The molecule has 0 fully saturated rings. The number of halogens is 3. The highest BCUT2D eigenvalue weighted by atomic mass is 35.5. The Morgan fingerprint density at radius 3 is 2.75 bits per heavy atom. The molecule has 0 aliphatic carbocycles. The zero-order valence-electron chi connectivity index (χ0n) is 8.12. The molecule has 0 heterocycles. The van der Waals surface area contributed by atoms with Crippen LogP contribution in [0.4, 0.5) is 14.5 Å². The molecule has 0 amide bonds. The minimum Gasteiger partial charge on any atom is -0.307 e. The fraction of sp³-hybridized carbons (Fsp3) is 0.333. The first-order chi connectivity index (χ1) is 7.50.